The van der Waals surface area contributed by atoms with Gasteiger partial charge in [-0.25, -0.2) is 0 Å². The fraction of sp³-hybridized carbons (Fsp3) is 0.345. The van der Waals surface area contributed by atoms with Crippen molar-refractivity contribution in [1.29, 1.82) is 0 Å². The number of likely N-dealkylation sites (tertiary alicyclic amines) is 1. The Labute approximate surface area is 210 Å². The average molecular weight is 486 g/mol. The predicted octanol–water partition coefficient (Wildman–Crippen LogP) is 3.83. The zero-order chi connectivity index (χ0) is 25.2. The van der Waals surface area contributed by atoms with Crippen molar-refractivity contribution in [3.05, 3.63) is 77.4 Å². The van der Waals surface area contributed by atoms with Gasteiger partial charge in [-0.2, -0.15) is 0 Å². The first-order valence-corrected chi connectivity index (χ1v) is 12.6. The fourth-order valence-electron chi connectivity index (χ4n) is 5.36. The second-order valence-electron chi connectivity index (χ2n) is 9.68. The van der Waals surface area contributed by atoms with Crippen molar-refractivity contribution < 1.29 is 19.5 Å². The number of nitrogens with zero attached hydrogens (tertiary/aromatic N) is 3. The average Bonchev–Trinajstić information content (AvgIpc) is 3.25. The van der Waals surface area contributed by atoms with Crippen LogP contribution >= 0.6 is 0 Å². The molecular formula is C29H31N3O4. The number of phenols is 1. The summed E-state index contributed by atoms with van der Waals surface area (Å²) in [6.45, 7) is 4.49. The summed E-state index contributed by atoms with van der Waals surface area (Å²) in [4.78, 5) is 45.2. The molecule has 2 aliphatic rings. The van der Waals surface area contributed by atoms with Crippen LogP contribution in [-0.4, -0.2) is 76.3 Å². The molecule has 2 aliphatic heterocycles. The van der Waals surface area contributed by atoms with Crippen molar-refractivity contribution in [2.75, 3.05) is 32.7 Å². The molecule has 0 aliphatic carbocycles. The summed E-state index contributed by atoms with van der Waals surface area (Å²) in [6.07, 6.45) is 2.03. The zero-order valence-electron chi connectivity index (χ0n) is 20.5. The van der Waals surface area contributed by atoms with Crippen LogP contribution in [0.5, 0.6) is 5.75 Å². The highest BCUT2D eigenvalue weighted by Gasteiger charge is 2.38. The first-order valence-electron chi connectivity index (χ1n) is 12.6. The Bertz CT molecular complexity index is 1320. The molecule has 2 fully saturated rings. The van der Waals surface area contributed by atoms with Crippen molar-refractivity contribution in [2.24, 2.45) is 0 Å². The highest BCUT2D eigenvalue weighted by molar-refractivity contribution is 6.05. The first-order chi connectivity index (χ1) is 17.4. The zero-order valence-corrected chi connectivity index (χ0v) is 20.5. The van der Waals surface area contributed by atoms with E-state index < -0.39 is 6.04 Å². The maximum atomic E-state index is 13.6. The maximum absolute atomic E-state index is 13.6. The van der Waals surface area contributed by atoms with E-state index in [1.807, 2.05) is 60.4 Å². The van der Waals surface area contributed by atoms with Gasteiger partial charge in [0.25, 0.3) is 11.8 Å². The maximum Gasteiger partial charge on any atom is 0.258 e. The lowest BCUT2D eigenvalue weighted by Crippen LogP contribution is -2.49. The molecule has 2 heterocycles. The monoisotopic (exact) mass is 485 g/mol. The summed E-state index contributed by atoms with van der Waals surface area (Å²) in [5.41, 5.74) is 1.92. The topological polar surface area (TPSA) is 81.2 Å². The van der Waals surface area contributed by atoms with E-state index in [9.17, 15) is 19.5 Å². The third-order valence-corrected chi connectivity index (χ3v) is 7.29. The van der Waals surface area contributed by atoms with E-state index in [0.29, 0.717) is 56.5 Å². The lowest BCUT2D eigenvalue weighted by atomic mass is 10.0. The van der Waals surface area contributed by atoms with Crippen LogP contribution in [0.2, 0.25) is 0 Å². The van der Waals surface area contributed by atoms with Crippen LogP contribution < -0.4 is 0 Å². The van der Waals surface area contributed by atoms with E-state index in [1.165, 1.54) is 0 Å². The van der Waals surface area contributed by atoms with Crippen LogP contribution in [0.1, 0.15) is 45.5 Å². The molecule has 36 heavy (non-hydrogen) atoms. The number of carbonyl (C=O) groups excluding carboxylic acids is 3. The molecule has 2 saturated heterocycles. The van der Waals surface area contributed by atoms with Gasteiger partial charge in [-0.3, -0.25) is 14.4 Å². The van der Waals surface area contributed by atoms with Crippen LogP contribution in [-0.2, 0) is 4.79 Å². The number of carbonyl (C=O) groups is 3. The summed E-state index contributed by atoms with van der Waals surface area (Å²) in [5.74, 6) is -0.458. The van der Waals surface area contributed by atoms with E-state index in [2.05, 4.69) is 0 Å². The van der Waals surface area contributed by atoms with E-state index in [1.54, 1.807) is 21.9 Å². The summed E-state index contributed by atoms with van der Waals surface area (Å²) >= 11 is 0. The van der Waals surface area contributed by atoms with Gasteiger partial charge in [0, 0.05) is 43.7 Å². The van der Waals surface area contributed by atoms with Crippen LogP contribution in [0.25, 0.3) is 10.8 Å². The van der Waals surface area contributed by atoms with E-state index in [4.69, 9.17) is 0 Å². The van der Waals surface area contributed by atoms with Crippen molar-refractivity contribution in [1.82, 2.24) is 14.7 Å². The van der Waals surface area contributed by atoms with Crippen LogP contribution in [0.15, 0.2) is 60.7 Å². The van der Waals surface area contributed by atoms with Gasteiger partial charge in [-0.05, 0) is 49.8 Å². The van der Waals surface area contributed by atoms with Gasteiger partial charge in [0.05, 0.1) is 5.56 Å². The Morgan fingerprint density at radius 1 is 0.806 bits per heavy atom. The van der Waals surface area contributed by atoms with Gasteiger partial charge in [-0.15, -0.1) is 0 Å². The predicted molar refractivity (Wildman–Crippen MR) is 138 cm³/mol. The van der Waals surface area contributed by atoms with E-state index >= 15 is 0 Å². The SMILES string of the molecule is Cc1cccc(C(=O)N2CCCN(C(=O)C3CCCN3C(=O)c3ccc4ccccc4c3O)CC2)c1. The van der Waals surface area contributed by atoms with Crippen molar-refractivity contribution in [3.8, 4) is 5.75 Å². The number of aromatic hydroxyl groups is 1. The van der Waals surface area contributed by atoms with E-state index in [0.717, 1.165) is 17.4 Å². The minimum atomic E-state index is -0.553. The Balaban J connectivity index is 1.29. The Morgan fingerprint density at radius 2 is 1.58 bits per heavy atom. The summed E-state index contributed by atoms with van der Waals surface area (Å²) in [5, 5.41) is 12.3. The molecule has 1 unspecified atom stereocenters. The third kappa shape index (κ3) is 4.53. The van der Waals surface area contributed by atoms with Gasteiger partial charge in [0.1, 0.15) is 11.8 Å². The molecule has 0 radical (unpaired) electrons. The van der Waals surface area contributed by atoms with Crippen molar-refractivity contribution in [3.63, 3.8) is 0 Å². The molecule has 3 amide bonds. The Hall–Kier alpha value is -3.87. The molecule has 5 rings (SSSR count). The molecule has 0 spiro atoms. The van der Waals surface area contributed by atoms with Gasteiger partial charge in [-0.1, -0.05) is 48.0 Å². The molecule has 3 aromatic rings. The molecular weight excluding hydrogens is 454 g/mol. The highest BCUT2D eigenvalue weighted by atomic mass is 16.3. The quantitative estimate of drug-likeness (QED) is 0.611. The van der Waals surface area contributed by atoms with Crippen molar-refractivity contribution >= 4 is 28.5 Å². The summed E-state index contributed by atoms with van der Waals surface area (Å²) < 4.78 is 0. The fourth-order valence-corrected chi connectivity index (χ4v) is 5.36. The van der Waals surface area contributed by atoms with Gasteiger partial charge >= 0.3 is 0 Å². The second kappa shape index (κ2) is 10.0. The lowest BCUT2D eigenvalue weighted by molar-refractivity contribution is -0.135. The number of rotatable bonds is 3. The van der Waals surface area contributed by atoms with Crippen LogP contribution in [0.3, 0.4) is 0 Å². The third-order valence-electron chi connectivity index (χ3n) is 7.29. The molecule has 0 saturated carbocycles. The number of aryl methyl sites for hydroxylation is 1. The summed E-state index contributed by atoms with van der Waals surface area (Å²) in [7, 11) is 0. The number of hydrogen-bond acceptors (Lipinski definition) is 4. The Kier molecular flexibility index (Phi) is 6.63. The molecule has 0 bridgehead atoms. The molecule has 7 heteroatoms. The van der Waals surface area contributed by atoms with Gasteiger partial charge in [0.15, 0.2) is 0 Å². The highest BCUT2D eigenvalue weighted by Crippen LogP contribution is 2.31. The summed E-state index contributed by atoms with van der Waals surface area (Å²) in [6, 6.07) is 17.9. The standard InChI is InChI=1S/C29H31N3O4/c1-20-7-4-9-22(19-20)27(34)30-14-6-15-31(18-17-30)29(36)25-11-5-16-32(25)28(35)24-13-12-21-8-2-3-10-23(21)26(24)33/h2-4,7-10,12-13,19,25,33H,5-6,11,14-18H2,1H3. The normalized spacial score (nSPS) is 18.4. The van der Waals surface area contributed by atoms with E-state index in [-0.39, 0.29) is 29.0 Å². The number of fused-ring (bicyclic) bond motifs is 1. The molecule has 1 atom stereocenters. The number of amides is 3. The smallest absolute Gasteiger partial charge is 0.258 e. The van der Waals surface area contributed by atoms with Crippen LogP contribution in [0, 0.1) is 6.92 Å². The van der Waals surface area contributed by atoms with Crippen molar-refractivity contribution in [2.45, 2.75) is 32.2 Å². The van der Waals surface area contributed by atoms with Gasteiger partial charge in [0.2, 0.25) is 5.91 Å². The largest absolute Gasteiger partial charge is 0.506 e. The molecule has 3 aromatic carbocycles. The lowest BCUT2D eigenvalue weighted by Gasteiger charge is -2.30. The Morgan fingerprint density at radius 3 is 2.42 bits per heavy atom. The molecule has 1 N–H and O–H groups in total. The number of benzene rings is 3. The number of phenolic OH excluding ortho intramolecular Hbond substituents is 1. The molecule has 0 aromatic heterocycles. The minimum absolute atomic E-state index is 0.0163. The molecule has 7 nitrogen and oxygen atoms in total. The van der Waals surface area contributed by atoms with Gasteiger partial charge < -0.3 is 19.8 Å². The second-order valence-corrected chi connectivity index (χ2v) is 9.68. The first kappa shape index (κ1) is 23.9. The minimum Gasteiger partial charge on any atom is -0.506 e. The number of hydrogen-bond donors (Lipinski definition) is 1. The molecule has 186 valence electrons. The van der Waals surface area contributed by atoms with Crippen LogP contribution in [0.4, 0.5) is 0 Å².